The smallest absolute Gasteiger partial charge is 0.261 e. The average Bonchev–Trinajstić information content (AvgIpc) is 3.07. The maximum atomic E-state index is 12.4. The van der Waals surface area contributed by atoms with E-state index in [1.165, 1.54) is 0 Å². The van der Waals surface area contributed by atoms with Gasteiger partial charge >= 0.3 is 0 Å². The maximum Gasteiger partial charge on any atom is 0.261 e. The SMILES string of the molecule is O=C(CCN1C(=O)c2ccccc2C1=O)NC1CCN(C(=O)COc2ccccc2)CC1. The predicted octanol–water partition coefficient (Wildman–Crippen LogP) is 1.86. The van der Waals surface area contributed by atoms with E-state index >= 15 is 0 Å². The van der Waals surface area contributed by atoms with Gasteiger partial charge in [0.05, 0.1) is 11.1 Å². The molecule has 1 N–H and O–H groups in total. The summed E-state index contributed by atoms with van der Waals surface area (Å²) >= 11 is 0. The number of piperidine rings is 1. The van der Waals surface area contributed by atoms with Crippen molar-refractivity contribution in [3.8, 4) is 5.75 Å². The van der Waals surface area contributed by atoms with Crippen molar-refractivity contribution in [2.24, 2.45) is 0 Å². The van der Waals surface area contributed by atoms with Gasteiger partial charge in [-0.05, 0) is 37.1 Å². The molecule has 0 aliphatic carbocycles. The Balaban J connectivity index is 1.18. The zero-order valence-corrected chi connectivity index (χ0v) is 17.7. The van der Waals surface area contributed by atoms with Crippen molar-refractivity contribution in [2.45, 2.75) is 25.3 Å². The van der Waals surface area contributed by atoms with E-state index in [1.807, 2.05) is 18.2 Å². The van der Waals surface area contributed by atoms with Gasteiger partial charge in [-0.1, -0.05) is 30.3 Å². The summed E-state index contributed by atoms with van der Waals surface area (Å²) < 4.78 is 5.51. The van der Waals surface area contributed by atoms with Crippen LogP contribution < -0.4 is 10.1 Å². The molecule has 0 unspecified atom stereocenters. The molecule has 0 bridgehead atoms. The number of nitrogens with zero attached hydrogens (tertiary/aromatic N) is 2. The highest BCUT2D eigenvalue weighted by Gasteiger charge is 2.35. The van der Waals surface area contributed by atoms with E-state index < -0.39 is 0 Å². The molecular formula is C24H25N3O5. The second-order valence-corrected chi connectivity index (χ2v) is 7.88. The molecule has 0 spiro atoms. The van der Waals surface area contributed by atoms with Crippen molar-refractivity contribution in [1.29, 1.82) is 0 Å². The minimum Gasteiger partial charge on any atom is -0.484 e. The van der Waals surface area contributed by atoms with Crippen LogP contribution in [-0.4, -0.2) is 65.7 Å². The second-order valence-electron chi connectivity index (χ2n) is 7.88. The molecule has 8 nitrogen and oxygen atoms in total. The van der Waals surface area contributed by atoms with Gasteiger partial charge in [0.15, 0.2) is 6.61 Å². The molecule has 2 aliphatic rings. The summed E-state index contributed by atoms with van der Waals surface area (Å²) in [5, 5.41) is 2.95. The molecule has 2 heterocycles. The molecule has 2 aromatic carbocycles. The molecule has 1 fully saturated rings. The zero-order chi connectivity index (χ0) is 22.5. The lowest BCUT2D eigenvalue weighted by Gasteiger charge is -2.32. The van der Waals surface area contributed by atoms with Crippen LogP contribution in [0.3, 0.4) is 0 Å². The molecule has 166 valence electrons. The molecule has 2 aliphatic heterocycles. The molecule has 0 atom stereocenters. The monoisotopic (exact) mass is 435 g/mol. The second kappa shape index (κ2) is 9.64. The van der Waals surface area contributed by atoms with Crippen LogP contribution in [0.5, 0.6) is 5.75 Å². The van der Waals surface area contributed by atoms with Crippen LogP contribution in [0, 0.1) is 0 Å². The lowest BCUT2D eigenvalue weighted by molar-refractivity contribution is -0.134. The van der Waals surface area contributed by atoms with E-state index in [1.54, 1.807) is 41.3 Å². The number of fused-ring (bicyclic) bond motifs is 1. The summed E-state index contributed by atoms with van der Waals surface area (Å²) in [4.78, 5) is 52.3. The van der Waals surface area contributed by atoms with Crippen molar-refractivity contribution in [3.05, 3.63) is 65.7 Å². The summed E-state index contributed by atoms with van der Waals surface area (Å²) in [7, 11) is 0. The molecule has 32 heavy (non-hydrogen) atoms. The Morgan fingerprint density at radius 3 is 2.12 bits per heavy atom. The molecule has 2 aromatic rings. The Hall–Kier alpha value is -3.68. The molecule has 0 saturated carbocycles. The quantitative estimate of drug-likeness (QED) is 0.670. The van der Waals surface area contributed by atoms with Gasteiger partial charge in [0.1, 0.15) is 5.75 Å². The van der Waals surface area contributed by atoms with Gasteiger partial charge in [0, 0.05) is 32.1 Å². The van der Waals surface area contributed by atoms with E-state index in [-0.39, 0.29) is 49.2 Å². The number of carbonyl (C=O) groups excluding carboxylic acids is 4. The summed E-state index contributed by atoms with van der Waals surface area (Å²) in [6.07, 6.45) is 1.35. The van der Waals surface area contributed by atoms with Crippen molar-refractivity contribution in [1.82, 2.24) is 15.1 Å². The number of para-hydroxylation sites is 1. The van der Waals surface area contributed by atoms with Crippen LogP contribution >= 0.6 is 0 Å². The molecule has 8 heteroatoms. The number of imide groups is 1. The van der Waals surface area contributed by atoms with E-state index in [4.69, 9.17) is 4.74 Å². The molecule has 1 saturated heterocycles. The van der Waals surface area contributed by atoms with Crippen LogP contribution in [0.2, 0.25) is 0 Å². The van der Waals surface area contributed by atoms with E-state index in [9.17, 15) is 19.2 Å². The average molecular weight is 435 g/mol. The normalized spacial score (nSPS) is 16.1. The first kappa shape index (κ1) is 21.5. The number of nitrogens with one attached hydrogen (secondary N) is 1. The van der Waals surface area contributed by atoms with Crippen LogP contribution in [-0.2, 0) is 9.59 Å². The first-order valence-corrected chi connectivity index (χ1v) is 10.7. The maximum absolute atomic E-state index is 12.4. The van der Waals surface area contributed by atoms with Gasteiger partial charge in [-0.15, -0.1) is 0 Å². The first-order valence-electron chi connectivity index (χ1n) is 10.7. The van der Waals surface area contributed by atoms with Crippen molar-refractivity contribution in [3.63, 3.8) is 0 Å². The van der Waals surface area contributed by atoms with Crippen LogP contribution in [0.1, 0.15) is 40.0 Å². The van der Waals surface area contributed by atoms with Gasteiger partial charge in [-0.3, -0.25) is 24.1 Å². The number of hydrogen-bond acceptors (Lipinski definition) is 5. The third-order valence-corrected chi connectivity index (χ3v) is 5.76. The number of amides is 4. The number of likely N-dealkylation sites (tertiary alicyclic amines) is 1. The fraction of sp³-hybridized carbons (Fsp3) is 0.333. The molecule has 4 amide bonds. The Kier molecular flexibility index (Phi) is 6.49. The van der Waals surface area contributed by atoms with Gasteiger partial charge in [-0.25, -0.2) is 0 Å². The zero-order valence-electron chi connectivity index (χ0n) is 17.7. The number of rotatable bonds is 7. The molecule has 0 radical (unpaired) electrons. The first-order chi connectivity index (χ1) is 15.5. The van der Waals surface area contributed by atoms with Crippen LogP contribution in [0.25, 0.3) is 0 Å². The lowest BCUT2D eigenvalue weighted by Crippen LogP contribution is -2.48. The Bertz CT molecular complexity index is 980. The number of ether oxygens (including phenoxy) is 1. The van der Waals surface area contributed by atoms with E-state index in [2.05, 4.69) is 5.32 Å². The predicted molar refractivity (Wildman–Crippen MR) is 116 cm³/mol. The van der Waals surface area contributed by atoms with Gasteiger partial charge in [0.2, 0.25) is 5.91 Å². The van der Waals surface area contributed by atoms with Gasteiger partial charge in [0.25, 0.3) is 17.7 Å². The number of hydrogen-bond donors (Lipinski definition) is 1. The van der Waals surface area contributed by atoms with Crippen molar-refractivity contribution < 1.29 is 23.9 Å². The largest absolute Gasteiger partial charge is 0.484 e. The fourth-order valence-electron chi connectivity index (χ4n) is 3.98. The molecule has 0 aromatic heterocycles. The Labute approximate surface area is 186 Å². The summed E-state index contributed by atoms with van der Waals surface area (Å²) in [6, 6.07) is 15.8. The summed E-state index contributed by atoms with van der Waals surface area (Å²) in [5.74, 6) is -0.352. The van der Waals surface area contributed by atoms with Gasteiger partial charge in [-0.2, -0.15) is 0 Å². The molecular weight excluding hydrogens is 410 g/mol. The lowest BCUT2D eigenvalue weighted by atomic mass is 10.0. The minimum atomic E-state index is -0.358. The van der Waals surface area contributed by atoms with Gasteiger partial charge < -0.3 is 15.0 Å². The fourth-order valence-corrected chi connectivity index (χ4v) is 3.98. The summed E-state index contributed by atoms with van der Waals surface area (Å²) in [6.45, 7) is 1.12. The topological polar surface area (TPSA) is 96.0 Å². The number of benzene rings is 2. The standard InChI is InChI=1S/C24H25N3O5/c28-21(12-15-27-23(30)19-8-4-5-9-20(19)24(27)31)25-17-10-13-26(14-11-17)22(29)16-32-18-6-2-1-3-7-18/h1-9,17H,10-16H2,(H,25,28). The van der Waals surface area contributed by atoms with Crippen molar-refractivity contribution >= 4 is 23.6 Å². The Morgan fingerprint density at radius 2 is 1.50 bits per heavy atom. The highest BCUT2D eigenvalue weighted by Crippen LogP contribution is 2.22. The number of carbonyl (C=O) groups is 4. The van der Waals surface area contributed by atoms with E-state index in [0.29, 0.717) is 42.8 Å². The third kappa shape index (κ3) is 4.80. The molecule has 4 rings (SSSR count). The minimum absolute atomic E-state index is 0.0126. The van der Waals surface area contributed by atoms with Crippen LogP contribution in [0.4, 0.5) is 0 Å². The summed E-state index contributed by atoms with van der Waals surface area (Å²) in [5.41, 5.74) is 0.761. The third-order valence-electron chi connectivity index (χ3n) is 5.76. The highest BCUT2D eigenvalue weighted by atomic mass is 16.5. The van der Waals surface area contributed by atoms with Crippen LogP contribution in [0.15, 0.2) is 54.6 Å². The highest BCUT2D eigenvalue weighted by molar-refractivity contribution is 6.21. The Morgan fingerprint density at radius 1 is 0.906 bits per heavy atom. The van der Waals surface area contributed by atoms with E-state index in [0.717, 1.165) is 4.90 Å². The van der Waals surface area contributed by atoms with Crippen molar-refractivity contribution in [2.75, 3.05) is 26.2 Å².